The Bertz CT molecular complexity index is 1220. The van der Waals surface area contributed by atoms with Crippen molar-refractivity contribution >= 4 is 11.6 Å². The monoisotopic (exact) mass is 466 g/mol. The molecule has 1 aliphatic heterocycles. The number of rotatable bonds is 7. The number of carbonyl (C=O) groups excluding carboxylic acids is 1. The minimum Gasteiger partial charge on any atom is -0.486 e. The lowest BCUT2D eigenvalue weighted by Gasteiger charge is -2.34. The van der Waals surface area contributed by atoms with E-state index in [1.54, 1.807) is 6.07 Å². The number of halogens is 1. The first-order valence-corrected chi connectivity index (χ1v) is 11.8. The van der Waals surface area contributed by atoms with Crippen LogP contribution in [0, 0.1) is 5.82 Å². The highest BCUT2D eigenvalue weighted by atomic mass is 19.1. The zero-order valence-corrected chi connectivity index (χ0v) is 19.3. The highest BCUT2D eigenvalue weighted by Crippen LogP contribution is 2.33. The third kappa shape index (κ3) is 5.58. The van der Waals surface area contributed by atoms with Gasteiger partial charge in [-0.3, -0.25) is 9.69 Å². The van der Waals surface area contributed by atoms with Gasteiger partial charge in [0.25, 0.3) is 0 Å². The minimum atomic E-state index is -0.605. The third-order valence-electron chi connectivity index (χ3n) is 6.23. The van der Waals surface area contributed by atoms with E-state index in [9.17, 15) is 9.18 Å². The molecule has 0 spiro atoms. The van der Waals surface area contributed by atoms with Gasteiger partial charge in [-0.1, -0.05) is 91.0 Å². The van der Waals surface area contributed by atoms with Gasteiger partial charge in [0.2, 0.25) is 5.91 Å². The topological polar surface area (TPSA) is 41.6 Å². The molecule has 5 heteroatoms. The molecule has 2 atom stereocenters. The van der Waals surface area contributed by atoms with E-state index in [0.29, 0.717) is 30.9 Å². The van der Waals surface area contributed by atoms with Crippen molar-refractivity contribution in [3.8, 4) is 5.75 Å². The largest absolute Gasteiger partial charge is 0.486 e. The summed E-state index contributed by atoms with van der Waals surface area (Å²) in [7, 11) is 0. The second-order valence-corrected chi connectivity index (χ2v) is 8.80. The first-order chi connectivity index (χ1) is 17.2. The number of hydrogen-bond donors (Lipinski definition) is 1. The van der Waals surface area contributed by atoms with E-state index in [1.807, 2.05) is 66.7 Å². The second kappa shape index (κ2) is 10.5. The Kier molecular flexibility index (Phi) is 6.87. The Morgan fingerprint density at radius 1 is 0.743 bits per heavy atom. The molecular formula is C30H27FN2O2. The van der Waals surface area contributed by atoms with Gasteiger partial charge in [0.15, 0.2) is 0 Å². The van der Waals surface area contributed by atoms with E-state index in [-0.39, 0.29) is 5.91 Å². The first-order valence-electron chi connectivity index (χ1n) is 11.8. The number of carbonyl (C=O) groups is 1. The first kappa shape index (κ1) is 22.8. The summed E-state index contributed by atoms with van der Waals surface area (Å²) in [5.74, 6) is -0.152. The SMILES string of the molecule is O=C1Nc2cc(F)ccc2OC(Cc2ccccc2)C1N(Cc1ccccc1)Cc1ccccc1. The zero-order valence-electron chi connectivity index (χ0n) is 19.3. The molecule has 5 rings (SSSR count). The van der Waals surface area contributed by atoms with Crippen LogP contribution in [0.2, 0.25) is 0 Å². The molecule has 0 aromatic heterocycles. The standard InChI is InChI=1S/C30H27FN2O2/c31-25-16-17-27-26(19-25)32-30(34)29(28(35-27)18-22-10-4-1-5-11-22)33(20-23-12-6-2-7-13-23)21-24-14-8-3-9-15-24/h1-17,19,28-29H,18,20-21H2,(H,32,34). The molecule has 0 saturated heterocycles. The molecule has 1 amide bonds. The third-order valence-corrected chi connectivity index (χ3v) is 6.23. The van der Waals surface area contributed by atoms with Crippen LogP contribution in [0.3, 0.4) is 0 Å². The van der Waals surface area contributed by atoms with Gasteiger partial charge in [-0.05, 0) is 28.8 Å². The van der Waals surface area contributed by atoms with Crippen molar-refractivity contribution in [1.29, 1.82) is 0 Å². The van der Waals surface area contributed by atoms with Gasteiger partial charge in [0.1, 0.15) is 23.7 Å². The summed E-state index contributed by atoms with van der Waals surface area (Å²) < 4.78 is 20.5. The Balaban J connectivity index is 1.55. The molecule has 0 bridgehead atoms. The van der Waals surface area contributed by atoms with E-state index in [0.717, 1.165) is 16.7 Å². The lowest BCUT2D eigenvalue weighted by Crippen LogP contribution is -2.52. The molecule has 1 heterocycles. The van der Waals surface area contributed by atoms with Crippen molar-refractivity contribution in [2.45, 2.75) is 31.7 Å². The number of fused-ring (bicyclic) bond motifs is 1. The Morgan fingerprint density at radius 2 is 1.29 bits per heavy atom. The number of nitrogens with zero attached hydrogens (tertiary/aromatic N) is 1. The maximum atomic E-state index is 14.0. The van der Waals surface area contributed by atoms with Gasteiger partial charge in [0.05, 0.1) is 5.69 Å². The van der Waals surface area contributed by atoms with Crippen LogP contribution in [0.15, 0.2) is 109 Å². The van der Waals surface area contributed by atoms with Gasteiger partial charge in [-0.25, -0.2) is 4.39 Å². The zero-order chi connectivity index (χ0) is 24.0. The summed E-state index contributed by atoms with van der Waals surface area (Å²) in [5, 5.41) is 2.94. The molecule has 1 aliphatic rings. The van der Waals surface area contributed by atoms with Crippen molar-refractivity contribution in [1.82, 2.24) is 4.90 Å². The van der Waals surface area contributed by atoms with Gasteiger partial charge in [-0.2, -0.15) is 0 Å². The van der Waals surface area contributed by atoms with Gasteiger partial charge >= 0.3 is 0 Å². The molecule has 0 saturated carbocycles. The molecule has 2 unspecified atom stereocenters. The molecule has 0 fully saturated rings. The van der Waals surface area contributed by atoms with Gasteiger partial charge < -0.3 is 10.1 Å². The molecule has 0 aliphatic carbocycles. The maximum absolute atomic E-state index is 14.0. The predicted molar refractivity (Wildman–Crippen MR) is 136 cm³/mol. The van der Waals surface area contributed by atoms with Crippen molar-refractivity contribution in [2.24, 2.45) is 0 Å². The van der Waals surface area contributed by atoms with Crippen LogP contribution < -0.4 is 10.1 Å². The smallest absolute Gasteiger partial charge is 0.245 e. The Morgan fingerprint density at radius 3 is 1.86 bits per heavy atom. The van der Waals surface area contributed by atoms with Gasteiger partial charge in [-0.15, -0.1) is 0 Å². The fourth-order valence-electron chi connectivity index (χ4n) is 4.59. The van der Waals surface area contributed by atoms with Crippen molar-refractivity contribution in [3.05, 3.63) is 132 Å². The number of hydrogen-bond acceptors (Lipinski definition) is 3. The van der Waals surface area contributed by atoms with Crippen LogP contribution in [0.25, 0.3) is 0 Å². The van der Waals surface area contributed by atoms with E-state index in [2.05, 4.69) is 34.5 Å². The molecule has 1 N–H and O–H groups in total. The van der Waals surface area contributed by atoms with Gasteiger partial charge in [0, 0.05) is 25.6 Å². The quantitative estimate of drug-likeness (QED) is 0.372. The second-order valence-electron chi connectivity index (χ2n) is 8.80. The van der Waals surface area contributed by atoms with Crippen LogP contribution in [0.4, 0.5) is 10.1 Å². The summed E-state index contributed by atoms with van der Waals surface area (Å²) in [4.78, 5) is 15.9. The molecule has 0 radical (unpaired) electrons. The number of nitrogens with one attached hydrogen (secondary N) is 1. The molecule has 4 aromatic carbocycles. The van der Waals surface area contributed by atoms with Crippen LogP contribution in [-0.4, -0.2) is 23.0 Å². The summed E-state index contributed by atoms with van der Waals surface area (Å²) in [6.45, 7) is 1.13. The number of amides is 1. The van der Waals surface area contributed by atoms with E-state index in [1.165, 1.54) is 12.1 Å². The van der Waals surface area contributed by atoms with E-state index >= 15 is 0 Å². The maximum Gasteiger partial charge on any atom is 0.245 e. The summed E-state index contributed by atoms with van der Waals surface area (Å²) in [6, 6.07) is 33.9. The van der Waals surface area contributed by atoms with Crippen LogP contribution >= 0.6 is 0 Å². The fraction of sp³-hybridized carbons (Fsp3) is 0.167. The lowest BCUT2D eigenvalue weighted by atomic mass is 9.98. The van der Waals surface area contributed by atoms with Crippen LogP contribution in [0.1, 0.15) is 16.7 Å². The van der Waals surface area contributed by atoms with E-state index < -0.39 is 18.0 Å². The van der Waals surface area contributed by atoms with Crippen molar-refractivity contribution in [3.63, 3.8) is 0 Å². The lowest BCUT2D eigenvalue weighted by molar-refractivity contribution is -0.124. The van der Waals surface area contributed by atoms with Crippen LogP contribution in [-0.2, 0) is 24.3 Å². The normalized spacial score (nSPS) is 17.3. The molecule has 176 valence electrons. The Labute approximate surface area is 205 Å². The molecular weight excluding hydrogens is 439 g/mol. The summed E-state index contributed by atoms with van der Waals surface area (Å²) in [6.07, 6.45) is 0.0621. The Hall–Kier alpha value is -3.96. The van der Waals surface area contributed by atoms with Crippen molar-refractivity contribution < 1.29 is 13.9 Å². The average molecular weight is 467 g/mol. The molecule has 35 heavy (non-hydrogen) atoms. The highest BCUT2D eigenvalue weighted by Gasteiger charge is 2.38. The fourth-order valence-corrected chi connectivity index (χ4v) is 4.59. The van der Waals surface area contributed by atoms with Crippen LogP contribution in [0.5, 0.6) is 5.75 Å². The number of ether oxygens (including phenoxy) is 1. The number of anilines is 1. The minimum absolute atomic E-state index is 0.206. The van der Waals surface area contributed by atoms with E-state index in [4.69, 9.17) is 4.74 Å². The molecule has 4 nitrogen and oxygen atoms in total. The predicted octanol–water partition coefficient (Wildman–Crippen LogP) is 5.84. The molecule has 4 aromatic rings. The van der Waals surface area contributed by atoms with Crippen molar-refractivity contribution in [2.75, 3.05) is 5.32 Å². The number of benzene rings is 4. The highest BCUT2D eigenvalue weighted by molar-refractivity contribution is 5.97. The summed E-state index contributed by atoms with van der Waals surface area (Å²) >= 11 is 0. The average Bonchev–Trinajstić information content (AvgIpc) is 3.00. The summed E-state index contributed by atoms with van der Waals surface area (Å²) in [5.41, 5.74) is 3.63.